The maximum absolute atomic E-state index is 14.0. The number of benzene rings is 2. The fourth-order valence-corrected chi connectivity index (χ4v) is 5.47. The number of carbonyl (C=O) groups excluding carboxylic acids is 1. The quantitative estimate of drug-likeness (QED) is 0.525. The number of thiophene rings is 1. The fourth-order valence-electron chi connectivity index (χ4n) is 4.38. The van der Waals surface area contributed by atoms with Crippen molar-refractivity contribution in [3.63, 3.8) is 0 Å². The van der Waals surface area contributed by atoms with Crippen LogP contribution in [0.2, 0.25) is 0 Å². The van der Waals surface area contributed by atoms with E-state index < -0.39 is 11.5 Å². The molecular formula is C26H25FN4OS. The molecule has 1 unspecified atom stereocenters. The van der Waals surface area contributed by atoms with E-state index in [1.54, 1.807) is 25.2 Å². The summed E-state index contributed by atoms with van der Waals surface area (Å²) in [5.74, 6) is -0.680. The van der Waals surface area contributed by atoms with Crippen LogP contribution in [0.15, 0.2) is 60.0 Å². The zero-order chi connectivity index (χ0) is 23.6. The molecule has 33 heavy (non-hydrogen) atoms. The van der Waals surface area contributed by atoms with E-state index in [9.17, 15) is 14.4 Å². The number of halogens is 1. The van der Waals surface area contributed by atoms with Gasteiger partial charge in [-0.2, -0.15) is 5.26 Å². The Morgan fingerprint density at radius 2 is 2.00 bits per heavy atom. The fraction of sp³-hybridized carbons (Fsp3) is 0.269. The Hall–Kier alpha value is -3.50. The summed E-state index contributed by atoms with van der Waals surface area (Å²) in [4.78, 5) is 15.5. The third kappa shape index (κ3) is 4.39. The number of amides is 1. The summed E-state index contributed by atoms with van der Waals surface area (Å²) >= 11 is 1.53. The van der Waals surface area contributed by atoms with Crippen molar-refractivity contribution in [2.24, 2.45) is 5.92 Å². The highest BCUT2D eigenvalue weighted by Crippen LogP contribution is 2.41. The molecule has 0 aliphatic carbocycles. The Morgan fingerprint density at radius 1 is 1.21 bits per heavy atom. The molecule has 1 aliphatic rings. The molecule has 1 amide bonds. The number of carbonyl (C=O) groups is 1. The molecule has 0 bridgehead atoms. The van der Waals surface area contributed by atoms with Crippen LogP contribution in [0.25, 0.3) is 11.1 Å². The summed E-state index contributed by atoms with van der Waals surface area (Å²) in [6, 6.07) is 18.3. The molecule has 2 aromatic carbocycles. The van der Waals surface area contributed by atoms with Crippen LogP contribution < -0.4 is 5.32 Å². The Bertz CT molecular complexity index is 1250. The minimum atomic E-state index is -0.758. The SMILES string of the molecule is CN1C(=N)N[C@](C)(c2cc(-c3cccc(C#N)c3)cs2)C(CCCc2ccccc2F)C1=O. The topological polar surface area (TPSA) is 80.0 Å². The van der Waals surface area contributed by atoms with Crippen LogP contribution in [-0.4, -0.2) is 23.8 Å². The van der Waals surface area contributed by atoms with Gasteiger partial charge in [0, 0.05) is 11.9 Å². The molecular weight excluding hydrogens is 435 g/mol. The van der Waals surface area contributed by atoms with Crippen molar-refractivity contribution in [1.29, 1.82) is 10.7 Å². The van der Waals surface area contributed by atoms with Crippen molar-refractivity contribution in [3.05, 3.63) is 81.8 Å². The van der Waals surface area contributed by atoms with Crippen molar-refractivity contribution < 1.29 is 9.18 Å². The predicted octanol–water partition coefficient (Wildman–Crippen LogP) is 5.28. The molecule has 7 heteroatoms. The first-order valence-corrected chi connectivity index (χ1v) is 11.7. The summed E-state index contributed by atoms with van der Waals surface area (Å²) in [5.41, 5.74) is 2.38. The van der Waals surface area contributed by atoms with Gasteiger partial charge < -0.3 is 5.32 Å². The van der Waals surface area contributed by atoms with Gasteiger partial charge in [0.05, 0.1) is 23.1 Å². The maximum Gasteiger partial charge on any atom is 0.234 e. The van der Waals surface area contributed by atoms with Crippen LogP contribution in [0.5, 0.6) is 0 Å². The Kier molecular flexibility index (Phi) is 6.30. The lowest BCUT2D eigenvalue weighted by Crippen LogP contribution is -2.63. The number of nitrogens with zero attached hydrogens (tertiary/aromatic N) is 2. The molecule has 0 saturated carbocycles. The summed E-state index contributed by atoms with van der Waals surface area (Å²) in [6.45, 7) is 1.96. The van der Waals surface area contributed by atoms with Crippen molar-refractivity contribution >= 4 is 23.2 Å². The first-order chi connectivity index (χ1) is 15.8. The lowest BCUT2D eigenvalue weighted by molar-refractivity contribution is -0.135. The van der Waals surface area contributed by atoms with E-state index in [0.29, 0.717) is 30.4 Å². The molecule has 2 atom stereocenters. The van der Waals surface area contributed by atoms with E-state index in [0.717, 1.165) is 16.0 Å². The highest BCUT2D eigenvalue weighted by atomic mass is 32.1. The number of hydrogen-bond acceptors (Lipinski definition) is 4. The Morgan fingerprint density at radius 3 is 2.76 bits per heavy atom. The molecule has 3 aromatic rings. The molecule has 2 heterocycles. The van der Waals surface area contributed by atoms with E-state index in [4.69, 9.17) is 5.41 Å². The van der Waals surface area contributed by atoms with Crippen LogP contribution >= 0.6 is 11.3 Å². The normalized spacial score (nSPS) is 20.4. The first-order valence-electron chi connectivity index (χ1n) is 10.8. The Labute approximate surface area is 197 Å². The van der Waals surface area contributed by atoms with Crippen LogP contribution in [0.1, 0.15) is 35.8 Å². The third-order valence-electron chi connectivity index (χ3n) is 6.37. The molecule has 5 nitrogen and oxygen atoms in total. The lowest BCUT2D eigenvalue weighted by atomic mass is 9.78. The number of nitriles is 1. The number of guanidine groups is 1. The second-order valence-electron chi connectivity index (χ2n) is 8.50. The third-order valence-corrected chi connectivity index (χ3v) is 7.54. The minimum Gasteiger partial charge on any atom is -0.345 e. The summed E-state index contributed by atoms with van der Waals surface area (Å²) in [7, 11) is 1.61. The van der Waals surface area contributed by atoms with Gasteiger partial charge in [-0.1, -0.05) is 30.3 Å². The van der Waals surface area contributed by atoms with Crippen molar-refractivity contribution in [3.8, 4) is 17.2 Å². The number of hydrogen-bond donors (Lipinski definition) is 2. The smallest absolute Gasteiger partial charge is 0.234 e. The van der Waals surface area contributed by atoms with E-state index in [2.05, 4.69) is 11.4 Å². The van der Waals surface area contributed by atoms with Gasteiger partial charge in [-0.25, -0.2) is 4.39 Å². The molecule has 4 rings (SSSR count). The molecule has 1 fully saturated rings. The second kappa shape index (κ2) is 9.16. The predicted molar refractivity (Wildman–Crippen MR) is 128 cm³/mol. The largest absolute Gasteiger partial charge is 0.345 e. The molecule has 0 radical (unpaired) electrons. The molecule has 168 valence electrons. The zero-order valence-electron chi connectivity index (χ0n) is 18.6. The summed E-state index contributed by atoms with van der Waals surface area (Å²) in [5, 5.41) is 22.8. The van der Waals surface area contributed by atoms with E-state index in [-0.39, 0.29) is 17.7 Å². The summed E-state index contributed by atoms with van der Waals surface area (Å²) in [6.07, 6.45) is 1.76. The van der Waals surface area contributed by atoms with Crippen molar-refractivity contribution in [2.75, 3.05) is 7.05 Å². The molecule has 0 spiro atoms. The van der Waals surface area contributed by atoms with Crippen molar-refractivity contribution in [2.45, 2.75) is 31.7 Å². The average molecular weight is 461 g/mol. The van der Waals surface area contributed by atoms with Gasteiger partial charge in [0.25, 0.3) is 0 Å². The lowest BCUT2D eigenvalue weighted by Gasteiger charge is -2.45. The standard InChI is InChI=1S/C26H25FN4OS/c1-26(23-14-20(16-33-23)19-10-5-7-17(13-19)15-28)21(24(32)31(2)25(29)30-26)11-6-9-18-8-3-4-12-22(18)27/h3-5,7-8,10,12-14,16,21H,6,9,11H2,1-2H3,(H2,29,30)/t21?,26-/m0/s1. The van der Waals surface area contributed by atoms with E-state index in [1.165, 1.54) is 22.3 Å². The van der Waals surface area contributed by atoms with Crippen LogP contribution in [0, 0.1) is 28.5 Å². The number of nitrogens with one attached hydrogen (secondary N) is 2. The van der Waals surface area contributed by atoms with Gasteiger partial charge in [-0.05, 0) is 72.5 Å². The monoisotopic (exact) mass is 460 g/mol. The average Bonchev–Trinajstić information content (AvgIpc) is 3.32. The van der Waals surface area contributed by atoms with Crippen molar-refractivity contribution in [1.82, 2.24) is 10.2 Å². The molecule has 1 aromatic heterocycles. The van der Waals surface area contributed by atoms with E-state index in [1.807, 2.05) is 42.6 Å². The van der Waals surface area contributed by atoms with Crippen LogP contribution in [0.3, 0.4) is 0 Å². The van der Waals surface area contributed by atoms with Crippen LogP contribution in [-0.2, 0) is 16.8 Å². The van der Waals surface area contributed by atoms with Gasteiger partial charge in [0.15, 0.2) is 5.96 Å². The van der Waals surface area contributed by atoms with Gasteiger partial charge >= 0.3 is 0 Å². The molecule has 1 saturated heterocycles. The maximum atomic E-state index is 14.0. The zero-order valence-corrected chi connectivity index (χ0v) is 19.4. The Balaban J connectivity index is 1.61. The minimum absolute atomic E-state index is 0.0641. The molecule has 1 aliphatic heterocycles. The van der Waals surface area contributed by atoms with Gasteiger partial charge in [-0.3, -0.25) is 15.1 Å². The molecule has 2 N–H and O–H groups in total. The van der Waals surface area contributed by atoms with Crippen LogP contribution in [0.4, 0.5) is 4.39 Å². The second-order valence-corrected chi connectivity index (χ2v) is 9.41. The highest BCUT2D eigenvalue weighted by Gasteiger charge is 2.47. The highest BCUT2D eigenvalue weighted by molar-refractivity contribution is 7.10. The van der Waals surface area contributed by atoms with Gasteiger partial charge in [0.1, 0.15) is 5.82 Å². The summed E-state index contributed by atoms with van der Waals surface area (Å²) < 4.78 is 14.0. The number of aryl methyl sites for hydroxylation is 1. The van der Waals surface area contributed by atoms with E-state index >= 15 is 0 Å². The van der Waals surface area contributed by atoms with Gasteiger partial charge in [-0.15, -0.1) is 11.3 Å². The number of rotatable bonds is 6. The first kappa shape index (κ1) is 22.7. The van der Waals surface area contributed by atoms with Gasteiger partial charge in [0.2, 0.25) is 5.91 Å².